The van der Waals surface area contributed by atoms with Gasteiger partial charge in [0.15, 0.2) is 6.04 Å². The number of rotatable bonds is 4. The van der Waals surface area contributed by atoms with Crippen LogP contribution < -0.4 is 4.57 Å². The maximum Gasteiger partial charge on any atom is 0.673 e. The molecule has 0 spiro atoms. The van der Waals surface area contributed by atoms with Gasteiger partial charge in [0.05, 0.1) is 0 Å². The van der Waals surface area contributed by atoms with Crippen LogP contribution in [-0.4, -0.2) is 36.9 Å². The highest BCUT2D eigenvalue weighted by Gasteiger charge is 2.35. The van der Waals surface area contributed by atoms with Crippen molar-refractivity contribution in [2.24, 2.45) is 0 Å². The third-order valence-electron chi connectivity index (χ3n) is 6.83. The fraction of sp³-hybridized carbons (Fsp3) is 0.273. The largest absolute Gasteiger partial charge is 0.673 e. The Morgan fingerprint density at radius 3 is 1.48 bits per heavy atom. The molecule has 1 aromatic heterocycles. The molecule has 9 heteroatoms. The third-order valence-corrected chi connectivity index (χ3v) is 6.83. The molecule has 0 aliphatic carbocycles. The maximum atomic E-state index is 12.7. The average Bonchev–Trinajstić information content (AvgIpc) is 2.96. The first-order valence-corrected chi connectivity index (χ1v) is 14.0. The number of nitrogens with zero attached hydrogens (tertiary/aromatic N) is 2. The van der Waals surface area contributed by atoms with Crippen LogP contribution >= 0.6 is 0 Å². The Hall–Kier alpha value is -4.14. The van der Waals surface area contributed by atoms with E-state index in [2.05, 4.69) is 108 Å². The Morgan fingerprint density at radius 2 is 1.10 bits per heavy atom. The maximum absolute atomic E-state index is 12.7. The summed E-state index contributed by atoms with van der Waals surface area (Å²) in [6.07, 6.45) is 1.52. The van der Waals surface area contributed by atoms with Crippen LogP contribution in [0.5, 0.6) is 0 Å². The highest BCUT2D eigenvalue weighted by atomic mass is 19.5. The van der Waals surface area contributed by atoms with Crippen LogP contribution in [-0.2, 0) is 4.74 Å². The van der Waals surface area contributed by atoms with E-state index in [1.54, 1.807) is 0 Å². The standard InChI is InChI=1S/C33H35N2O2.BF4/c1-33(2,3)37-32(36)34-21-19-29(20-22-34)35-30(26-15-9-5-10-16-26)23-28(25-13-7-4-8-14-25)24-31(35)27-17-11-6-12-18-27;2-1(3,4)5/h4-18,23-24,29H,19-22H2,1-3H3;/q+1;-1. The second kappa shape index (κ2) is 13.2. The lowest BCUT2D eigenvalue weighted by Gasteiger charge is -2.32. The van der Waals surface area contributed by atoms with Crippen molar-refractivity contribution < 1.29 is 31.4 Å². The van der Waals surface area contributed by atoms with Crippen LogP contribution in [0.4, 0.5) is 22.1 Å². The first-order valence-electron chi connectivity index (χ1n) is 14.0. The molecule has 5 rings (SSSR count). The van der Waals surface area contributed by atoms with E-state index in [0.717, 1.165) is 12.8 Å². The Balaban J connectivity index is 0.000000748. The van der Waals surface area contributed by atoms with E-state index >= 15 is 0 Å². The Kier molecular flexibility index (Phi) is 9.71. The van der Waals surface area contributed by atoms with E-state index in [1.165, 1.54) is 33.6 Å². The lowest BCUT2D eigenvalue weighted by molar-refractivity contribution is -0.705. The van der Waals surface area contributed by atoms with Crippen LogP contribution in [0.25, 0.3) is 33.6 Å². The van der Waals surface area contributed by atoms with Crippen LogP contribution in [0.2, 0.25) is 0 Å². The second-order valence-electron chi connectivity index (χ2n) is 11.2. The van der Waals surface area contributed by atoms with Crippen LogP contribution in [0.1, 0.15) is 39.7 Å². The van der Waals surface area contributed by atoms with E-state index in [4.69, 9.17) is 4.74 Å². The topological polar surface area (TPSA) is 33.4 Å². The van der Waals surface area contributed by atoms with Gasteiger partial charge in [0, 0.05) is 49.2 Å². The van der Waals surface area contributed by atoms with Crippen molar-refractivity contribution in [2.45, 2.75) is 45.3 Å². The molecule has 0 N–H and O–H groups in total. The number of hydrogen-bond donors (Lipinski definition) is 0. The van der Waals surface area contributed by atoms with Crippen LogP contribution in [0.3, 0.4) is 0 Å². The molecule has 4 nitrogen and oxygen atoms in total. The number of ether oxygens (including phenoxy) is 1. The molecular weight excluding hydrogens is 543 g/mol. The zero-order valence-electron chi connectivity index (χ0n) is 24.0. The Bertz CT molecular complexity index is 1390. The molecule has 1 saturated heterocycles. The van der Waals surface area contributed by atoms with Gasteiger partial charge >= 0.3 is 13.3 Å². The minimum absolute atomic E-state index is 0.220. The zero-order valence-corrected chi connectivity index (χ0v) is 24.0. The normalized spacial score (nSPS) is 14.1. The van der Waals surface area contributed by atoms with Gasteiger partial charge in [-0.1, -0.05) is 66.7 Å². The third kappa shape index (κ3) is 8.68. The average molecular weight is 578 g/mol. The quantitative estimate of drug-likeness (QED) is 0.138. The monoisotopic (exact) mass is 578 g/mol. The van der Waals surface area contributed by atoms with E-state index in [0.29, 0.717) is 13.1 Å². The first-order chi connectivity index (χ1) is 19.9. The molecule has 1 aliphatic heterocycles. The van der Waals surface area contributed by atoms with Gasteiger partial charge in [0.1, 0.15) is 5.60 Å². The number of likely N-dealkylation sites (tertiary alicyclic amines) is 1. The van der Waals surface area contributed by atoms with Gasteiger partial charge in [-0.05, 0) is 56.2 Å². The number of benzene rings is 3. The summed E-state index contributed by atoms with van der Waals surface area (Å²) in [6.45, 7) is 7.10. The minimum Gasteiger partial charge on any atom is -0.444 e. The van der Waals surface area contributed by atoms with Crippen molar-refractivity contribution in [1.29, 1.82) is 0 Å². The van der Waals surface area contributed by atoms with E-state index < -0.39 is 12.9 Å². The molecule has 1 fully saturated rings. The number of halogens is 4. The molecule has 4 aromatic rings. The van der Waals surface area contributed by atoms with Crippen molar-refractivity contribution in [3.63, 3.8) is 0 Å². The van der Waals surface area contributed by atoms with Gasteiger partial charge in [0.2, 0.25) is 11.4 Å². The summed E-state index contributed by atoms with van der Waals surface area (Å²) >= 11 is 0. The van der Waals surface area contributed by atoms with Gasteiger partial charge in [-0.3, -0.25) is 0 Å². The van der Waals surface area contributed by atoms with Gasteiger partial charge in [-0.2, -0.15) is 4.57 Å². The van der Waals surface area contributed by atoms with Crippen LogP contribution in [0, 0.1) is 0 Å². The van der Waals surface area contributed by atoms with E-state index in [9.17, 15) is 22.1 Å². The summed E-state index contributed by atoms with van der Waals surface area (Å²) in [5.41, 5.74) is 6.66. The lowest BCUT2D eigenvalue weighted by atomic mass is 9.96. The molecule has 0 saturated carbocycles. The van der Waals surface area contributed by atoms with Crippen molar-refractivity contribution in [3.8, 4) is 33.6 Å². The van der Waals surface area contributed by atoms with Gasteiger partial charge in [-0.15, -0.1) is 0 Å². The number of aromatic nitrogens is 1. The summed E-state index contributed by atoms with van der Waals surface area (Å²) in [6, 6.07) is 36.7. The zero-order chi connectivity index (χ0) is 30.3. The number of carbonyl (C=O) groups is 1. The number of piperidine rings is 1. The molecule has 2 heterocycles. The van der Waals surface area contributed by atoms with E-state index in [1.807, 2.05) is 25.7 Å². The number of amides is 1. The number of carbonyl (C=O) groups excluding carboxylic acids is 1. The van der Waals surface area contributed by atoms with Crippen LogP contribution in [0.15, 0.2) is 103 Å². The van der Waals surface area contributed by atoms with Gasteiger partial charge in [0.25, 0.3) is 0 Å². The molecular formula is C33H35BF4N2O2. The highest BCUT2D eigenvalue weighted by molar-refractivity contribution is 6.50. The predicted molar refractivity (Wildman–Crippen MR) is 159 cm³/mol. The summed E-state index contributed by atoms with van der Waals surface area (Å²) in [5, 5.41) is 0. The molecule has 0 radical (unpaired) electrons. The van der Waals surface area contributed by atoms with Crippen molar-refractivity contribution in [3.05, 3.63) is 103 Å². The summed E-state index contributed by atoms with van der Waals surface area (Å²) in [5.74, 6) is 0. The molecule has 0 unspecified atom stereocenters. The molecule has 42 heavy (non-hydrogen) atoms. The molecule has 0 bridgehead atoms. The summed E-state index contributed by atoms with van der Waals surface area (Å²) in [7, 11) is -6.00. The van der Waals surface area contributed by atoms with Gasteiger partial charge in [-0.25, -0.2) is 4.79 Å². The number of hydrogen-bond acceptors (Lipinski definition) is 2. The molecule has 220 valence electrons. The predicted octanol–water partition coefficient (Wildman–Crippen LogP) is 8.85. The smallest absolute Gasteiger partial charge is 0.444 e. The lowest BCUT2D eigenvalue weighted by Crippen LogP contribution is -2.51. The minimum atomic E-state index is -6.00. The van der Waals surface area contributed by atoms with E-state index in [-0.39, 0.29) is 12.1 Å². The first kappa shape index (κ1) is 30.8. The highest BCUT2D eigenvalue weighted by Crippen LogP contribution is 2.32. The second-order valence-corrected chi connectivity index (χ2v) is 11.2. The SMILES string of the molecule is CC(C)(C)OC(=O)N1CCC([n+]2c(-c3ccccc3)cc(-c3ccccc3)cc2-c2ccccc2)CC1.F[B-](F)(F)F. The van der Waals surface area contributed by atoms with Gasteiger partial charge < -0.3 is 26.9 Å². The molecule has 0 atom stereocenters. The fourth-order valence-electron chi connectivity index (χ4n) is 5.09. The Morgan fingerprint density at radius 1 is 0.714 bits per heavy atom. The van der Waals surface area contributed by atoms with Crippen molar-refractivity contribution in [2.75, 3.05) is 13.1 Å². The fourth-order valence-corrected chi connectivity index (χ4v) is 5.09. The summed E-state index contributed by atoms with van der Waals surface area (Å²) < 4.78 is 47.2. The molecule has 3 aromatic carbocycles. The Labute approximate surface area is 244 Å². The van der Waals surface area contributed by atoms with Crippen molar-refractivity contribution >= 4 is 13.3 Å². The summed E-state index contributed by atoms with van der Waals surface area (Å²) in [4.78, 5) is 14.6. The molecule has 1 amide bonds. The number of pyridine rings is 1. The molecule has 1 aliphatic rings. The van der Waals surface area contributed by atoms with Crippen molar-refractivity contribution in [1.82, 2.24) is 4.90 Å².